The number of halogens is 2. The Hall–Kier alpha value is -2.10. The molecule has 3 atom stereocenters. The van der Waals surface area contributed by atoms with E-state index in [0.717, 1.165) is 15.8 Å². The van der Waals surface area contributed by atoms with E-state index in [4.69, 9.17) is 28.3 Å². The number of nitrogens with zero attached hydrogens (tertiary/aromatic N) is 1. The number of aromatic amines is 1. The molecule has 2 amide bonds. The van der Waals surface area contributed by atoms with Crippen molar-refractivity contribution in [2.75, 3.05) is 13.7 Å². The number of hydrogen-bond acceptors (Lipinski definition) is 5. The minimum absolute atomic E-state index is 0.336. The van der Waals surface area contributed by atoms with E-state index in [1.807, 2.05) is 24.3 Å². The number of aromatic nitrogens is 1. The van der Waals surface area contributed by atoms with Crippen molar-refractivity contribution in [1.29, 1.82) is 0 Å². The summed E-state index contributed by atoms with van der Waals surface area (Å²) in [4.78, 5) is 29.8. The number of hydrogen-bond donors (Lipinski definition) is 4. The Morgan fingerprint density at radius 2 is 2.10 bits per heavy atom. The summed E-state index contributed by atoms with van der Waals surface area (Å²) in [5, 5.41) is 22.3. The maximum absolute atomic E-state index is 12.9. The van der Waals surface area contributed by atoms with Crippen LogP contribution in [0.25, 0.3) is 10.2 Å². The number of benzene rings is 1. The molecule has 0 unspecified atom stereocenters. The largest absolute Gasteiger partial charge is 0.393 e. The van der Waals surface area contributed by atoms with Crippen molar-refractivity contribution in [1.82, 2.24) is 15.2 Å². The molecule has 30 heavy (non-hydrogen) atoms. The summed E-state index contributed by atoms with van der Waals surface area (Å²) in [6, 6.07) is 8.41. The van der Waals surface area contributed by atoms with Crippen LogP contribution in [-0.4, -0.2) is 57.7 Å². The van der Waals surface area contributed by atoms with Crippen LogP contribution in [0, 0.1) is 0 Å². The first-order chi connectivity index (χ1) is 14.3. The molecule has 0 saturated carbocycles. The molecule has 3 aromatic rings. The Bertz CT molecular complexity index is 1130. The van der Waals surface area contributed by atoms with Crippen molar-refractivity contribution in [3.8, 4) is 0 Å². The summed E-state index contributed by atoms with van der Waals surface area (Å²) in [7, 11) is 1.56. The smallest absolute Gasteiger partial charge is 0.268 e. The second-order valence-electron chi connectivity index (χ2n) is 7.19. The highest BCUT2D eigenvalue weighted by molar-refractivity contribution is 7.23. The molecule has 0 saturated heterocycles. The molecule has 1 aromatic carbocycles. The standard InChI is InChI=1S/C20H19Cl2N3O4S/c1-25(20(29)13(27)8-26)17-10-5-3-2-4-9(10)6-11(17)24-19(28)12-7-14-16(23-12)15(21)18(22)30-14/h2-5,7,11,13,17,23,26-27H,6,8H2,1H3,(H,24,28)/t11-,13+,17-/m1/s1. The molecule has 0 spiro atoms. The fourth-order valence-electron chi connectivity index (χ4n) is 3.92. The van der Waals surface area contributed by atoms with E-state index in [9.17, 15) is 14.7 Å². The van der Waals surface area contributed by atoms with Crippen LogP contribution in [0.1, 0.15) is 27.7 Å². The molecule has 158 valence electrons. The number of thiophene rings is 1. The lowest BCUT2D eigenvalue weighted by Crippen LogP contribution is -2.48. The molecule has 4 N–H and O–H groups in total. The van der Waals surface area contributed by atoms with Crippen LogP contribution in [0.4, 0.5) is 0 Å². The Kier molecular flexibility index (Phi) is 5.78. The molecule has 0 radical (unpaired) electrons. The lowest BCUT2D eigenvalue weighted by molar-refractivity contribution is -0.143. The van der Waals surface area contributed by atoms with Crippen LogP contribution < -0.4 is 5.32 Å². The summed E-state index contributed by atoms with van der Waals surface area (Å²) < 4.78 is 1.23. The van der Waals surface area contributed by atoms with Gasteiger partial charge in [0.15, 0.2) is 6.10 Å². The monoisotopic (exact) mass is 467 g/mol. The summed E-state index contributed by atoms with van der Waals surface area (Å²) in [5.74, 6) is -0.947. The predicted molar refractivity (Wildman–Crippen MR) is 116 cm³/mol. The van der Waals surface area contributed by atoms with Gasteiger partial charge in [-0.25, -0.2) is 0 Å². The first kappa shape index (κ1) is 21.1. The van der Waals surface area contributed by atoms with Gasteiger partial charge in [0.2, 0.25) is 0 Å². The van der Waals surface area contributed by atoms with Crippen molar-refractivity contribution in [2.45, 2.75) is 24.6 Å². The Morgan fingerprint density at radius 1 is 1.37 bits per heavy atom. The summed E-state index contributed by atoms with van der Waals surface area (Å²) >= 11 is 13.5. The van der Waals surface area contributed by atoms with Gasteiger partial charge < -0.3 is 25.4 Å². The zero-order valence-corrected chi connectivity index (χ0v) is 18.2. The molecular formula is C20H19Cl2N3O4S. The van der Waals surface area contributed by atoms with Gasteiger partial charge in [-0.15, -0.1) is 11.3 Å². The molecule has 10 heteroatoms. The summed E-state index contributed by atoms with van der Waals surface area (Å²) in [6.45, 7) is -0.670. The van der Waals surface area contributed by atoms with E-state index in [0.29, 0.717) is 27.0 Å². The lowest BCUT2D eigenvalue weighted by Gasteiger charge is -2.32. The zero-order chi connectivity index (χ0) is 21.6. The second-order valence-corrected chi connectivity index (χ2v) is 9.22. The highest BCUT2D eigenvalue weighted by Crippen LogP contribution is 2.39. The molecule has 2 heterocycles. The fraction of sp³-hybridized carbons (Fsp3) is 0.300. The predicted octanol–water partition coefficient (Wildman–Crippen LogP) is 2.74. The molecule has 1 aliphatic rings. The number of carbonyl (C=O) groups is 2. The van der Waals surface area contributed by atoms with Gasteiger partial charge in [0.1, 0.15) is 10.0 Å². The van der Waals surface area contributed by atoms with E-state index < -0.39 is 30.7 Å². The van der Waals surface area contributed by atoms with Crippen LogP contribution in [0.15, 0.2) is 30.3 Å². The van der Waals surface area contributed by atoms with Gasteiger partial charge in [-0.2, -0.15) is 0 Å². The molecule has 7 nitrogen and oxygen atoms in total. The minimum Gasteiger partial charge on any atom is -0.393 e. The average molecular weight is 468 g/mol. The third kappa shape index (κ3) is 3.59. The molecular weight excluding hydrogens is 449 g/mol. The first-order valence-corrected chi connectivity index (χ1v) is 10.8. The third-order valence-corrected chi connectivity index (χ3v) is 7.28. The third-order valence-electron chi connectivity index (χ3n) is 5.35. The lowest BCUT2D eigenvalue weighted by atomic mass is 10.0. The summed E-state index contributed by atoms with van der Waals surface area (Å²) in [5.41, 5.74) is 2.86. The highest BCUT2D eigenvalue weighted by Gasteiger charge is 2.39. The van der Waals surface area contributed by atoms with E-state index in [2.05, 4.69) is 10.3 Å². The molecule has 0 bridgehead atoms. The van der Waals surface area contributed by atoms with Crippen LogP contribution in [0.2, 0.25) is 9.36 Å². The second kappa shape index (κ2) is 8.20. The molecule has 0 aliphatic heterocycles. The van der Waals surface area contributed by atoms with Gasteiger partial charge >= 0.3 is 0 Å². The number of amides is 2. The van der Waals surface area contributed by atoms with Crippen LogP contribution in [-0.2, 0) is 11.2 Å². The van der Waals surface area contributed by atoms with Gasteiger partial charge in [0, 0.05) is 7.05 Å². The van der Waals surface area contributed by atoms with Gasteiger partial charge in [-0.05, 0) is 23.6 Å². The number of carbonyl (C=O) groups excluding carboxylic acids is 2. The van der Waals surface area contributed by atoms with E-state index in [1.54, 1.807) is 13.1 Å². The molecule has 4 rings (SSSR count). The number of H-pyrrole nitrogens is 1. The highest BCUT2D eigenvalue weighted by atomic mass is 35.5. The number of aliphatic hydroxyl groups is 2. The number of likely N-dealkylation sites (N-methyl/N-ethyl adjacent to an activating group) is 1. The summed E-state index contributed by atoms with van der Waals surface area (Å²) in [6.07, 6.45) is -0.984. The van der Waals surface area contributed by atoms with Gasteiger partial charge in [0.05, 0.1) is 33.9 Å². The maximum atomic E-state index is 12.9. The van der Waals surface area contributed by atoms with Crippen LogP contribution >= 0.6 is 34.5 Å². The van der Waals surface area contributed by atoms with E-state index in [-0.39, 0.29) is 5.91 Å². The molecule has 2 aromatic heterocycles. The van der Waals surface area contributed by atoms with Crippen LogP contribution in [0.3, 0.4) is 0 Å². The van der Waals surface area contributed by atoms with Crippen molar-refractivity contribution in [3.63, 3.8) is 0 Å². The van der Waals surface area contributed by atoms with Crippen molar-refractivity contribution in [3.05, 3.63) is 56.5 Å². The van der Waals surface area contributed by atoms with Crippen LogP contribution in [0.5, 0.6) is 0 Å². The van der Waals surface area contributed by atoms with Crippen molar-refractivity contribution < 1.29 is 19.8 Å². The molecule has 1 aliphatic carbocycles. The number of rotatable bonds is 5. The number of fused-ring (bicyclic) bond motifs is 2. The van der Waals surface area contributed by atoms with E-state index in [1.165, 1.54) is 16.2 Å². The van der Waals surface area contributed by atoms with Crippen molar-refractivity contribution >= 4 is 56.6 Å². The Labute approximate surface area is 186 Å². The quantitative estimate of drug-likeness (QED) is 0.462. The SMILES string of the molecule is CN(C(=O)[C@@H](O)CO)[C@@H]1c2ccccc2C[C@H]1NC(=O)c1cc2sc(Cl)c(Cl)c2[nH]1. The maximum Gasteiger partial charge on any atom is 0.268 e. The van der Waals surface area contributed by atoms with Gasteiger partial charge in [-0.1, -0.05) is 47.5 Å². The number of nitrogens with one attached hydrogen (secondary N) is 2. The molecule has 0 fully saturated rings. The first-order valence-electron chi connectivity index (χ1n) is 9.22. The van der Waals surface area contributed by atoms with Gasteiger partial charge in [0.25, 0.3) is 11.8 Å². The fourth-order valence-corrected chi connectivity index (χ4v) is 5.40. The topological polar surface area (TPSA) is 106 Å². The minimum atomic E-state index is -1.51. The average Bonchev–Trinajstić information content (AvgIpc) is 3.39. The Morgan fingerprint density at radius 3 is 2.80 bits per heavy atom. The van der Waals surface area contributed by atoms with E-state index >= 15 is 0 Å². The number of aliphatic hydroxyl groups excluding tert-OH is 2. The van der Waals surface area contributed by atoms with Gasteiger partial charge in [-0.3, -0.25) is 9.59 Å². The zero-order valence-electron chi connectivity index (χ0n) is 15.9. The normalized spacial score (nSPS) is 19.0. The van der Waals surface area contributed by atoms with Crippen molar-refractivity contribution in [2.24, 2.45) is 0 Å². The Balaban J connectivity index is 1.61.